The Bertz CT molecular complexity index is 207. The quantitative estimate of drug-likeness (QED) is 0.730. The third-order valence-electron chi connectivity index (χ3n) is 3.64. The van der Waals surface area contributed by atoms with Crippen LogP contribution >= 0.6 is 0 Å². The normalized spacial score (nSPS) is 23.5. The maximum absolute atomic E-state index is 11.8. The number of hydrogen-bond acceptors (Lipinski definition) is 2. The first-order valence-corrected chi connectivity index (χ1v) is 5.74. The van der Waals surface area contributed by atoms with Gasteiger partial charge in [0.1, 0.15) is 0 Å². The summed E-state index contributed by atoms with van der Waals surface area (Å²) in [7, 11) is 1.95. The molecule has 80 valence electrons. The van der Waals surface area contributed by atoms with E-state index in [0.717, 1.165) is 19.5 Å². The van der Waals surface area contributed by atoms with Crippen LogP contribution in [0.2, 0.25) is 0 Å². The topological polar surface area (TPSA) is 32.3 Å². The highest BCUT2D eigenvalue weighted by Gasteiger charge is 2.27. The van der Waals surface area contributed by atoms with Gasteiger partial charge in [0.15, 0.2) is 0 Å². The van der Waals surface area contributed by atoms with Gasteiger partial charge in [-0.2, -0.15) is 0 Å². The van der Waals surface area contributed by atoms with Gasteiger partial charge in [0.25, 0.3) is 0 Å². The van der Waals surface area contributed by atoms with Gasteiger partial charge in [-0.05, 0) is 18.8 Å². The molecule has 2 fully saturated rings. The van der Waals surface area contributed by atoms with Crippen LogP contribution in [-0.4, -0.2) is 37.0 Å². The first-order chi connectivity index (χ1) is 6.77. The first-order valence-electron chi connectivity index (χ1n) is 5.74. The van der Waals surface area contributed by atoms with Crippen LogP contribution in [0.25, 0.3) is 0 Å². The molecule has 0 spiro atoms. The number of nitrogens with zero attached hydrogens (tertiary/aromatic N) is 1. The van der Waals surface area contributed by atoms with E-state index in [-0.39, 0.29) is 0 Å². The second kappa shape index (κ2) is 4.30. The van der Waals surface area contributed by atoms with Crippen LogP contribution in [0.3, 0.4) is 0 Å². The smallest absolute Gasteiger partial charge is 0.222 e. The van der Waals surface area contributed by atoms with Gasteiger partial charge in [-0.1, -0.05) is 12.8 Å². The lowest BCUT2D eigenvalue weighted by Gasteiger charge is -2.36. The molecule has 2 aliphatic rings. The van der Waals surface area contributed by atoms with Crippen LogP contribution in [0.5, 0.6) is 0 Å². The van der Waals surface area contributed by atoms with E-state index in [1.54, 1.807) is 0 Å². The first kappa shape index (κ1) is 9.97. The fourth-order valence-electron chi connectivity index (χ4n) is 2.36. The molecule has 3 nitrogen and oxygen atoms in total. The summed E-state index contributed by atoms with van der Waals surface area (Å²) in [6.07, 6.45) is 5.97. The van der Waals surface area contributed by atoms with Crippen LogP contribution in [0.15, 0.2) is 0 Å². The molecule has 0 aromatic carbocycles. The number of carbonyl (C=O) groups excluding carboxylic acids is 1. The summed E-state index contributed by atoms with van der Waals surface area (Å²) in [4.78, 5) is 13.8. The summed E-state index contributed by atoms with van der Waals surface area (Å²) in [5.41, 5.74) is 0. The number of amides is 1. The van der Waals surface area contributed by atoms with E-state index in [2.05, 4.69) is 5.32 Å². The van der Waals surface area contributed by atoms with Crippen LogP contribution in [0.1, 0.15) is 32.1 Å². The van der Waals surface area contributed by atoms with Crippen molar-refractivity contribution in [1.82, 2.24) is 10.2 Å². The molecule has 0 aromatic rings. The Morgan fingerprint density at radius 3 is 2.50 bits per heavy atom. The summed E-state index contributed by atoms with van der Waals surface area (Å²) >= 11 is 0. The fraction of sp³-hybridized carbons (Fsp3) is 0.909. The van der Waals surface area contributed by atoms with E-state index in [9.17, 15) is 4.79 Å². The fourth-order valence-corrected chi connectivity index (χ4v) is 2.36. The van der Waals surface area contributed by atoms with Crippen molar-refractivity contribution in [2.75, 3.05) is 20.1 Å². The minimum atomic E-state index is 0.350. The maximum atomic E-state index is 11.8. The lowest BCUT2D eigenvalue weighted by Crippen LogP contribution is -2.57. The lowest BCUT2D eigenvalue weighted by molar-refractivity contribution is -0.133. The van der Waals surface area contributed by atoms with Gasteiger partial charge < -0.3 is 10.2 Å². The molecular formula is C11H20N2O. The van der Waals surface area contributed by atoms with E-state index in [1.165, 1.54) is 25.7 Å². The lowest BCUT2D eigenvalue weighted by atomic mass is 10.0. The van der Waals surface area contributed by atoms with E-state index in [1.807, 2.05) is 11.9 Å². The number of hydrogen-bond donors (Lipinski definition) is 1. The summed E-state index contributed by atoms with van der Waals surface area (Å²) in [5.74, 6) is 1.03. The average Bonchev–Trinajstić information content (AvgIpc) is 2.53. The second-order valence-electron chi connectivity index (χ2n) is 4.67. The molecule has 1 saturated carbocycles. The highest BCUT2D eigenvalue weighted by atomic mass is 16.2. The molecule has 0 radical (unpaired) electrons. The Hall–Kier alpha value is -0.570. The highest BCUT2D eigenvalue weighted by molar-refractivity contribution is 5.76. The van der Waals surface area contributed by atoms with Gasteiger partial charge in [-0.3, -0.25) is 4.79 Å². The molecule has 14 heavy (non-hydrogen) atoms. The predicted octanol–water partition coefficient (Wildman–Crippen LogP) is 0.997. The molecule has 0 aromatic heterocycles. The van der Waals surface area contributed by atoms with E-state index in [0.29, 0.717) is 17.9 Å². The molecule has 0 unspecified atom stereocenters. The van der Waals surface area contributed by atoms with Crippen molar-refractivity contribution < 1.29 is 4.79 Å². The summed E-state index contributed by atoms with van der Waals surface area (Å²) in [6.45, 7) is 1.96. The van der Waals surface area contributed by atoms with Crippen LogP contribution in [0, 0.1) is 5.92 Å². The summed E-state index contributed by atoms with van der Waals surface area (Å²) in [5, 5.41) is 3.20. The zero-order chi connectivity index (χ0) is 9.97. The van der Waals surface area contributed by atoms with Crippen LogP contribution in [-0.2, 0) is 4.79 Å². The van der Waals surface area contributed by atoms with Crippen molar-refractivity contribution in [1.29, 1.82) is 0 Å². The van der Waals surface area contributed by atoms with Gasteiger partial charge in [-0.15, -0.1) is 0 Å². The number of carbonyl (C=O) groups is 1. The Kier molecular flexibility index (Phi) is 3.06. The van der Waals surface area contributed by atoms with Gasteiger partial charge in [0, 0.05) is 26.6 Å². The van der Waals surface area contributed by atoms with Crippen molar-refractivity contribution in [3.05, 3.63) is 0 Å². The van der Waals surface area contributed by atoms with Gasteiger partial charge in [-0.25, -0.2) is 0 Å². The molecule has 1 N–H and O–H groups in total. The molecule has 0 bridgehead atoms. The number of likely N-dealkylation sites (N-methyl/N-ethyl adjacent to an activating group) is 1. The largest absolute Gasteiger partial charge is 0.340 e. The van der Waals surface area contributed by atoms with E-state index < -0.39 is 0 Å². The van der Waals surface area contributed by atoms with Crippen molar-refractivity contribution in [3.8, 4) is 0 Å². The molecule has 1 heterocycles. The van der Waals surface area contributed by atoms with Gasteiger partial charge >= 0.3 is 0 Å². The Morgan fingerprint density at radius 2 is 2.00 bits per heavy atom. The third-order valence-corrected chi connectivity index (χ3v) is 3.64. The van der Waals surface area contributed by atoms with Gasteiger partial charge in [0.2, 0.25) is 5.91 Å². The highest BCUT2D eigenvalue weighted by Crippen LogP contribution is 2.28. The van der Waals surface area contributed by atoms with Crippen molar-refractivity contribution in [3.63, 3.8) is 0 Å². The summed E-state index contributed by atoms with van der Waals surface area (Å²) in [6, 6.07) is 0.462. The molecule has 3 heteroatoms. The van der Waals surface area contributed by atoms with Crippen molar-refractivity contribution >= 4 is 5.91 Å². The zero-order valence-corrected chi connectivity index (χ0v) is 8.96. The minimum absolute atomic E-state index is 0.350. The Morgan fingerprint density at radius 1 is 1.36 bits per heavy atom. The van der Waals surface area contributed by atoms with E-state index >= 15 is 0 Å². The minimum Gasteiger partial charge on any atom is -0.340 e. The van der Waals surface area contributed by atoms with Crippen molar-refractivity contribution in [2.45, 2.75) is 38.1 Å². The molecule has 1 amide bonds. The SMILES string of the molecule is CN(C(=O)CC1CCCC1)C1CNC1. The average molecular weight is 196 g/mol. The number of rotatable bonds is 3. The Labute approximate surface area is 85.8 Å². The number of nitrogens with one attached hydrogen (secondary N) is 1. The molecule has 2 rings (SSSR count). The monoisotopic (exact) mass is 196 g/mol. The molecule has 1 aliphatic heterocycles. The van der Waals surface area contributed by atoms with Gasteiger partial charge in [0.05, 0.1) is 6.04 Å². The van der Waals surface area contributed by atoms with Crippen molar-refractivity contribution in [2.24, 2.45) is 5.92 Å². The predicted molar refractivity (Wildman–Crippen MR) is 56.0 cm³/mol. The van der Waals surface area contributed by atoms with Crippen LogP contribution < -0.4 is 5.32 Å². The molecule has 0 atom stereocenters. The second-order valence-corrected chi connectivity index (χ2v) is 4.67. The molecule has 1 aliphatic carbocycles. The summed E-state index contributed by atoms with van der Waals surface area (Å²) < 4.78 is 0. The standard InChI is InChI=1S/C11H20N2O/c1-13(10-7-12-8-10)11(14)6-9-4-2-3-5-9/h9-10,12H,2-8H2,1H3. The zero-order valence-electron chi connectivity index (χ0n) is 8.96. The van der Waals surface area contributed by atoms with Crippen LogP contribution in [0.4, 0.5) is 0 Å². The molecular weight excluding hydrogens is 176 g/mol. The van der Waals surface area contributed by atoms with E-state index in [4.69, 9.17) is 0 Å². The third kappa shape index (κ3) is 2.08. The Balaban J connectivity index is 1.75. The molecule has 1 saturated heterocycles. The maximum Gasteiger partial charge on any atom is 0.222 e.